The third-order valence-corrected chi connectivity index (χ3v) is 6.27. The molecular weight excluding hydrogens is 436 g/mol. The van der Waals surface area contributed by atoms with E-state index < -0.39 is 5.82 Å². The normalized spacial score (nSPS) is 15.5. The largest absolute Gasteiger partial charge is 0.349 e. The molecule has 0 fully saturated rings. The highest BCUT2D eigenvalue weighted by molar-refractivity contribution is 6.01. The summed E-state index contributed by atoms with van der Waals surface area (Å²) in [6.07, 6.45) is 2.55. The van der Waals surface area contributed by atoms with Crippen molar-refractivity contribution < 1.29 is 18.4 Å². The number of fused-ring (bicyclic) bond motifs is 1. The molecule has 0 bridgehead atoms. The van der Waals surface area contributed by atoms with Crippen LogP contribution in [0.4, 0.5) is 14.5 Å². The summed E-state index contributed by atoms with van der Waals surface area (Å²) in [5.41, 5.74) is 4.17. The van der Waals surface area contributed by atoms with Crippen LogP contribution in [0.5, 0.6) is 0 Å². The second-order valence-electron chi connectivity index (χ2n) is 8.43. The summed E-state index contributed by atoms with van der Waals surface area (Å²) in [5.74, 6) is -1.33. The Kier molecular flexibility index (Phi) is 5.84. The summed E-state index contributed by atoms with van der Waals surface area (Å²) in [6.45, 7) is 1.57. The van der Waals surface area contributed by atoms with E-state index in [0.29, 0.717) is 38.3 Å². The quantitative estimate of drug-likeness (QED) is 0.621. The molecule has 0 atom stereocenters. The van der Waals surface area contributed by atoms with E-state index in [4.69, 9.17) is 0 Å². The van der Waals surface area contributed by atoms with Crippen molar-refractivity contribution >= 4 is 23.1 Å². The predicted molar refractivity (Wildman–Crippen MR) is 126 cm³/mol. The first-order valence-electron chi connectivity index (χ1n) is 11.1. The van der Waals surface area contributed by atoms with Crippen LogP contribution in [0.25, 0.3) is 5.57 Å². The lowest BCUT2D eigenvalue weighted by Gasteiger charge is -2.31. The number of halogens is 2. The number of para-hydroxylation sites is 1. The van der Waals surface area contributed by atoms with E-state index in [-0.39, 0.29) is 23.2 Å². The Bertz CT molecular complexity index is 1290. The minimum Gasteiger partial charge on any atom is -0.349 e. The Morgan fingerprint density at radius 2 is 1.79 bits per heavy atom. The van der Waals surface area contributed by atoms with E-state index in [2.05, 4.69) is 5.32 Å². The maximum atomic E-state index is 14.7. The van der Waals surface area contributed by atoms with E-state index in [1.807, 2.05) is 29.2 Å². The second kappa shape index (κ2) is 9.09. The van der Waals surface area contributed by atoms with E-state index in [1.165, 1.54) is 18.2 Å². The zero-order valence-electron chi connectivity index (χ0n) is 18.4. The summed E-state index contributed by atoms with van der Waals surface area (Å²) in [5, 5.41) is 2.84. The van der Waals surface area contributed by atoms with Gasteiger partial charge in [-0.1, -0.05) is 36.4 Å². The highest BCUT2D eigenvalue weighted by Gasteiger charge is 2.25. The standard InChI is InChI=1S/C27H23F2N3O2/c28-21-8-6-19(7-9-21)20-11-13-31(14-12-20)27(34)23-15-18(5-10-24(23)29)16-32-17-30-26(33)22-3-1-2-4-25(22)32/h1-11,15H,12-14,16-17H2,(H,30,33). The average molecular weight is 459 g/mol. The monoisotopic (exact) mass is 459 g/mol. The minimum atomic E-state index is -0.561. The Balaban J connectivity index is 1.32. The van der Waals surface area contributed by atoms with Gasteiger partial charge in [0, 0.05) is 19.6 Å². The number of amides is 2. The number of carbonyl (C=O) groups is 2. The molecule has 34 heavy (non-hydrogen) atoms. The van der Waals surface area contributed by atoms with Crippen molar-refractivity contribution in [1.29, 1.82) is 0 Å². The molecule has 5 nitrogen and oxygen atoms in total. The minimum absolute atomic E-state index is 0.0328. The van der Waals surface area contributed by atoms with Gasteiger partial charge in [0.2, 0.25) is 0 Å². The lowest BCUT2D eigenvalue weighted by molar-refractivity contribution is 0.0767. The smallest absolute Gasteiger partial charge is 0.257 e. The first-order chi connectivity index (χ1) is 16.5. The topological polar surface area (TPSA) is 52.7 Å². The molecule has 2 aliphatic rings. The van der Waals surface area contributed by atoms with Crippen LogP contribution in [0.3, 0.4) is 0 Å². The van der Waals surface area contributed by atoms with Crippen molar-refractivity contribution in [2.24, 2.45) is 0 Å². The van der Waals surface area contributed by atoms with Gasteiger partial charge in [-0.05, 0) is 59.5 Å². The van der Waals surface area contributed by atoms with E-state index >= 15 is 0 Å². The van der Waals surface area contributed by atoms with Gasteiger partial charge in [-0.15, -0.1) is 0 Å². The Morgan fingerprint density at radius 1 is 1.00 bits per heavy atom. The summed E-state index contributed by atoms with van der Waals surface area (Å²) < 4.78 is 27.8. The molecule has 3 aromatic carbocycles. The molecule has 0 saturated heterocycles. The summed E-state index contributed by atoms with van der Waals surface area (Å²) in [4.78, 5) is 28.8. The van der Waals surface area contributed by atoms with Crippen LogP contribution in [0.1, 0.15) is 38.3 Å². The van der Waals surface area contributed by atoms with Gasteiger partial charge in [0.15, 0.2) is 0 Å². The average Bonchev–Trinajstić information content (AvgIpc) is 2.87. The van der Waals surface area contributed by atoms with E-state index in [0.717, 1.165) is 22.4 Å². The highest BCUT2D eigenvalue weighted by atomic mass is 19.1. The van der Waals surface area contributed by atoms with Crippen LogP contribution in [-0.4, -0.2) is 36.5 Å². The van der Waals surface area contributed by atoms with Crippen molar-refractivity contribution in [2.75, 3.05) is 24.7 Å². The third kappa shape index (κ3) is 4.29. The van der Waals surface area contributed by atoms with Crippen molar-refractivity contribution in [3.63, 3.8) is 0 Å². The molecule has 0 unspecified atom stereocenters. The van der Waals surface area contributed by atoms with Gasteiger partial charge in [-0.3, -0.25) is 9.59 Å². The predicted octanol–water partition coefficient (Wildman–Crippen LogP) is 4.60. The van der Waals surface area contributed by atoms with Crippen LogP contribution >= 0.6 is 0 Å². The van der Waals surface area contributed by atoms with Gasteiger partial charge in [-0.25, -0.2) is 8.78 Å². The summed E-state index contributed by atoms with van der Waals surface area (Å²) in [7, 11) is 0. The van der Waals surface area contributed by atoms with Crippen LogP contribution in [-0.2, 0) is 6.54 Å². The first-order valence-corrected chi connectivity index (χ1v) is 11.1. The van der Waals surface area contributed by atoms with Crippen LogP contribution < -0.4 is 10.2 Å². The number of hydrogen-bond acceptors (Lipinski definition) is 3. The lowest BCUT2D eigenvalue weighted by Crippen LogP contribution is -2.43. The molecule has 3 aromatic rings. The fourth-order valence-electron chi connectivity index (χ4n) is 4.44. The van der Waals surface area contributed by atoms with Crippen molar-refractivity contribution in [2.45, 2.75) is 13.0 Å². The molecule has 2 heterocycles. The van der Waals surface area contributed by atoms with Gasteiger partial charge >= 0.3 is 0 Å². The van der Waals surface area contributed by atoms with Gasteiger partial charge < -0.3 is 15.1 Å². The molecule has 0 saturated carbocycles. The fourth-order valence-corrected chi connectivity index (χ4v) is 4.44. The molecule has 0 aliphatic carbocycles. The number of anilines is 1. The molecule has 172 valence electrons. The Morgan fingerprint density at radius 3 is 2.56 bits per heavy atom. The molecular formula is C27H23F2N3O2. The van der Waals surface area contributed by atoms with Crippen LogP contribution in [0, 0.1) is 11.6 Å². The van der Waals surface area contributed by atoms with Crippen LogP contribution in [0.15, 0.2) is 72.8 Å². The Labute approximate surface area is 196 Å². The molecule has 1 N–H and O–H groups in total. The maximum Gasteiger partial charge on any atom is 0.257 e. The molecule has 2 amide bonds. The maximum absolute atomic E-state index is 14.7. The second-order valence-corrected chi connectivity index (χ2v) is 8.43. The number of benzene rings is 3. The number of carbonyl (C=O) groups excluding carboxylic acids is 2. The summed E-state index contributed by atoms with van der Waals surface area (Å²) in [6, 6.07) is 18.2. The van der Waals surface area contributed by atoms with Crippen molar-refractivity contribution in [3.05, 3.63) is 107 Å². The molecule has 0 radical (unpaired) electrons. The fraction of sp³-hybridized carbons (Fsp3) is 0.185. The van der Waals surface area contributed by atoms with E-state index in [9.17, 15) is 18.4 Å². The van der Waals surface area contributed by atoms with Crippen LogP contribution in [0.2, 0.25) is 0 Å². The number of nitrogens with one attached hydrogen (secondary N) is 1. The number of hydrogen-bond donors (Lipinski definition) is 1. The third-order valence-electron chi connectivity index (χ3n) is 6.27. The molecule has 7 heteroatoms. The molecule has 2 aliphatic heterocycles. The zero-order chi connectivity index (χ0) is 23.7. The van der Waals surface area contributed by atoms with Gasteiger partial charge in [0.05, 0.1) is 23.5 Å². The van der Waals surface area contributed by atoms with Crippen molar-refractivity contribution in [1.82, 2.24) is 10.2 Å². The Hall–Kier alpha value is -4.00. The summed E-state index contributed by atoms with van der Waals surface area (Å²) >= 11 is 0. The van der Waals surface area contributed by atoms with E-state index in [1.54, 1.807) is 35.2 Å². The van der Waals surface area contributed by atoms with Gasteiger partial charge in [0.1, 0.15) is 11.6 Å². The van der Waals surface area contributed by atoms with Gasteiger partial charge in [-0.2, -0.15) is 0 Å². The molecule has 0 spiro atoms. The highest BCUT2D eigenvalue weighted by Crippen LogP contribution is 2.27. The first kappa shape index (κ1) is 21.8. The molecule has 5 rings (SSSR count). The molecule has 0 aromatic heterocycles. The lowest BCUT2D eigenvalue weighted by atomic mass is 9.99. The number of nitrogens with zero attached hydrogens (tertiary/aromatic N) is 2. The number of rotatable bonds is 4. The van der Waals surface area contributed by atoms with Gasteiger partial charge in [0.25, 0.3) is 11.8 Å². The zero-order valence-corrected chi connectivity index (χ0v) is 18.4. The van der Waals surface area contributed by atoms with Crippen molar-refractivity contribution in [3.8, 4) is 0 Å². The SMILES string of the molecule is O=C1NCN(Cc2ccc(F)c(C(=O)N3CC=C(c4ccc(F)cc4)CC3)c2)c2ccccc21.